The Hall–Kier alpha value is -3.27. The van der Waals surface area contributed by atoms with Crippen molar-refractivity contribution in [2.45, 2.75) is 18.7 Å². The van der Waals surface area contributed by atoms with Gasteiger partial charge in [0, 0.05) is 24.9 Å². The summed E-state index contributed by atoms with van der Waals surface area (Å²) in [6.07, 6.45) is 1.18. The summed E-state index contributed by atoms with van der Waals surface area (Å²) >= 11 is 1.31. The Kier molecular flexibility index (Phi) is 8.03. The Labute approximate surface area is 215 Å². The van der Waals surface area contributed by atoms with E-state index in [-0.39, 0.29) is 10.8 Å². The molecule has 1 amide bonds. The van der Waals surface area contributed by atoms with Gasteiger partial charge < -0.3 is 9.64 Å². The fourth-order valence-corrected chi connectivity index (χ4v) is 5.53. The summed E-state index contributed by atoms with van der Waals surface area (Å²) in [5, 5.41) is 0.530. The van der Waals surface area contributed by atoms with Crippen molar-refractivity contribution >= 4 is 42.4 Å². The standard InChI is InChI=1S/C27H29N3O4S2/c1-4-29(5-2)16-17-30(27-28-24-15-14-23(36(3,32)33)19-25(24)35-27)26(31)20-10-9-13-22(18-20)34-21-11-7-6-8-12-21/h6-15,18-19H,4-5,16-17H2,1-3H3. The van der Waals surface area contributed by atoms with E-state index in [0.717, 1.165) is 17.8 Å². The number of thiazole rings is 1. The van der Waals surface area contributed by atoms with Crippen LogP contribution in [-0.4, -0.2) is 56.6 Å². The topological polar surface area (TPSA) is 79.8 Å². The van der Waals surface area contributed by atoms with E-state index >= 15 is 0 Å². The summed E-state index contributed by atoms with van der Waals surface area (Å²) in [4.78, 5) is 22.6. The van der Waals surface area contributed by atoms with Crippen molar-refractivity contribution in [2.75, 3.05) is 37.3 Å². The van der Waals surface area contributed by atoms with E-state index in [4.69, 9.17) is 4.74 Å². The van der Waals surface area contributed by atoms with Crippen LogP contribution in [0, 0.1) is 0 Å². The van der Waals surface area contributed by atoms with Crippen LogP contribution in [0.4, 0.5) is 5.13 Å². The Morgan fingerprint density at radius 2 is 1.64 bits per heavy atom. The summed E-state index contributed by atoms with van der Waals surface area (Å²) in [6.45, 7) is 7.05. The zero-order chi connectivity index (χ0) is 25.7. The van der Waals surface area contributed by atoms with Gasteiger partial charge in [0.25, 0.3) is 5.91 Å². The van der Waals surface area contributed by atoms with Gasteiger partial charge in [0.15, 0.2) is 15.0 Å². The van der Waals surface area contributed by atoms with Crippen molar-refractivity contribution in [3.05, 3.63) is 78.4 Å². The molecule has 188 valence electrons. The molecule has 7 nitrogen and oxygen atoms in total. The van der Waals surface area contributed by atoms with Gasteiger partial charge in [0.05, 0.1) is 15.1 Å². The molecule has 0 aliphatic heterocycles. The van der Waals surface area contributed by atoms with Gasteiger partial charge in [0.2, 0.25) is 0 Å². The van der Waals surface area contributed by atoms with E-state index in [0.29, 0.717) is 40.8 Å². The largest absolute Gasteiger partial charge is 0.457 e. The molecule has 0 saturated carbocycles. The molecular weight excluding hydrogens is 494 g/mol. The van der Waals surface area contributed by atoms with Crippen molar-refractivity contribution in [3.63, 3.8) is 0 Å². The third kappa shape index (κ3) is 6.10. The van der Waals surface area contributed by atoms with E-state index in [1.54, 1.807) is 41.3 Å². The lowest BCUT2D eigenvalue weighted by Crippen LogP contribution is -2.38. The fraction of sp³-hybridized carbons (Fsp3) is 0.259. The molecule has 0 atom stereocenters. The minimum absolute atomic E-state index is 0.192. The number of carbonyl (C=O) groups excluding carboxylic acids is 1. The molecule has 0 bridgehead atoms. The zero-order valence-electron chi connectivity index (χ0n) is 20.5. The molecule has 1 heterocycles. The number of anilines is 1. The molecule has 0 fully saturated rings. The minimum Gasteiger partial charge on any atom is -0.457 e. The van der Waals surface area contributed by atoms with Crippen molar-refractivity contribution < 1.29 is 17.9 Å². The average molecular weight is 524 g/mol. The molecule has 0 aliphatic carbocycles. The first-order valence-electron chi connectivity index (χ1n) is 11.8. The number of carbonyl (C=O) groups is 1. The third-order valence-corrected chi connectivity index (χ3v) is 8.00. The smallest absolute Gasteiger partial charge is 0.260 e. The molecule has 0 spiro atoms. The highest BCUT2D eigenvalue weighted by atomic mass is 32.2. The molecule has 0 saturated heterocycles. The molecule has 0 unspecified atom stereocenters. The number of rotatable bonds is 10. The molecule has 0 N–H and O–H groups in total. The van der Waals surface area contributed by atoms with Crippen molar-refractivity contribution in [1.29, 1.82) is 0 Å². The summed E-state index contributed by atoms with van der Waals surface area (Å²) in [6, 6.07) is 21.4. The number of hydrogen-bond donors (Lipinski definition) is 0. The Morgan fingerprint density at radius 3 is 2.33 bits per heavy atom. The lowest BCUT2D eigenvalue weighted by atomic mass is 10.2. The van der Waals surface area contributed by atoms with E-state index in [2.05, 4.69) is 23.7 Å². The third-order valence-electron chi connectivity index (χ3n) is 5.85. The van der Waals surface area contributed by atoms with Gasteiger partial charge in [0.1, 0.15) is 11.5 Å². The SMILES string of the molecule is CCN(CC)CCN(C(=O)c1cccc(Oc2ccccc2)c1)c1nc2ccc(S(C)(=O)=O)cc2s1. The highest BCUT2D eigenvalue weighted by molar-refractivity contribution is 7.90. The van der Waals surface area contributed by atoms with Gasteiger partial charge in [-0.3, -0.25) is 9.69 Å². The number of hydrogen-bond acceptors (Lipinski definition) is 7. The fourth-order valence-electron chi connectivity index (χ4n) is 3.78. The Morgan fingerprint density at radius 1 is 0.917 bits per heavy atom. The number of fused-ring (bicyclic) bond motifs is 1. The second-order valence-electron chi connectivity index (χ2n) is 8.32. The van der Waals surface area contributed by atoms with Crippen LogP contribution in [0.25, 0.3) is 10.2 Å². The van der Waals surface area contributed by atoms with E-state index < -0.39 is 9.84 Å². The second-order valence-corrected chi connectivity index (χ2v) is 11.3. The second kappa shape index (κ2) is 11.2. The maximum Gasteiger partial charge on any atom is 0.260 e. The summed E-state index contributed by atoms with van der Waals surface area (Å²) in [7, 11) is -3.35. The van der Waals surface area contributed by atoms with Gasteiger partial charge in [-0.15, -0.1) is 0 Å². The first-order valence-corrected chi connectivity index (χ1v) is 14.5. The van der Waals surface area contributed by atoms with Crippen molar-refractivity contribution in [1.82, 2.24) is 9.88 Å². The number of benzene rings is 3. The molecule has 0 radical (unpaired) electrons. The van der Waals surface area contributed by atoms with Crippen LogP contribution in [0.2, 0.25) is 0 Å². The van der Waals surface area contributed by atoms with Gasteiger partial charge in [-0.1, -0.05) is 49.4 Å². The highest BCUT2D eigenvalue weighted by Crippen LogP contribution is 2.32. The first kappa shape index (κ1) is 25.8. The number of para-hydroxylation sites is 1. The molecule has 3 aromatic carbocycles. The summed E-state index contributed by atoms with van der Waals surface area (Å²) < 4.78 is 30.7. The molecule has 1 aromatic heterocycles. The molecule has 4 rings (SSSR count). The average Bonchev–Trinajstić information content (AvgIpc) is 3.30. The molecule has 0 aliphatic rings. The van der Waals surface area contributed by atoms with E-state index in [1.807, 2.05) is 36.4 Å². The number of likely N-dealkylation sites (N-methyl/N-ethyl adjacent to an activating group) is 1. The lowest BCUT2D eigenvalue weighted by molar-refractivity contribution is 0.0983. The van der Waals surface area contributed by atoms with Gasteiger partial charge in [-0.25, -0.2) is 13.4 Å². The van der Waals surface area contributed by atoms with Gasteiger partial charge >= 0.3 is 0 Å². The molecular formula is C27H29N3O4S2. The lowest BCUT2D eigenvalue weighted by Gasteiger charge is -2.25. The van der Waals surface area contributed by atoms with Crippen molar-refractivity contribution in [3.8, 4) is 11.5 Å². The maximum atomic E-state index is 13.8. The quantitative estimate of drug-likeness (QED) is 0.274. The Balaban J connectivity index is 1.68. The van der Waals surface area contributed by atoms with Crippen LogP contribution in [-0.2, 0) is 9.84 Å². The van der Waals surface area contributed by atoms with E-state index in [1.165, 1.54) is 17.6 Å². The first-order chi connectivity index (χ1) is 17.3. The maximum absolute atomic E-state index is 13.8. The normalized spacial score (nSPS) is 11.7. The van der Waals surface area contributed by atoms with Crippen LogP contribution >= 0.6 is 11.3 Å². The predicted octanol–water partition coefficient (Wildman–Crippen LogP) is 5.48. The van der Waals surface area contributed by atoms with Crippen LogP contribution in [0.15, 0.2) is 77.7 Å². The zero-order valence-corrected chi connectivity index (χ0v) is 22.2. The van der Waals surface area contributed by atoms with E-state index in [9.17, 15) is 13.2 Å². The molecule has 36 heavy (non-hydrogen) atoms. The molecule has 4 aromatic rings. The number of sulfone groups is 1. The molecule has 9 heteroatoms. The number of nitrogens with zero attached hydrogens (tertiary/aromatic N) is 3. The van der Waals surface area contributed by atoms with Crippen molar-refractivity contribution in [2.24, 2.45) is 0 Å². The van der Waals surface area contributed by atoms with Gasteiger partial charge in [-0.05, 0) is 61.6 Å². The number of aromatic nitrogens is 1. The van der Waals surface area contributed by atoms with Gasteiger partial charge in [-0.2, -0.15) is 0 Å². The minimum atomic E-state index is -3.35. The predicted molar refractivity (Wildman–Crippen MR) is 145 cm³/mol. The summed E-state index contributed by atoms with van der Waals surface area (Å²) in [5.41, 5.74) is 1.14. The number of amides is 1. The monoisotopic (exact) mass is 523 g/mol. The summed E-state index contributed by atoms with van der Waals surface area (Å²) in [5.74, 6) is 1.06. The Bertz CT molecular complexity index is 1450. The van der Waals surface area contributed by atoms with Crippen LogP contribution < -0.4 is 9.64 Å². The van der Waals surface area contributed by atoms with Crippen LogP contribution in [0.3, 0.4) is 0 Å². The van der Waals surface area contributed by atoms with Crippen LogP contribution in [0.5, 0.6) is 11.5 Å². The van der Waals surface area contributed by atoms with Crippen LogP contribution in [0.1, 0.15) is 24.2 Å². The highest BCUT2D eigenvalue weighted by Gasteiger charge is 2.23. The number of ether oxygens (including phenoxy) is 1.